The Morgan fingerprint density at radius 2 is 1.63 bits per heavy atom. The van der Waals surface area contributed by atoms with E-state index in [1.807, 2.05) is 0 Å². The zero-order valence-electron chi connectivity index (χ0n) is 15.8. The lowest BCUT2D eigenvalue weighted by Gasteiger charge is -2.33. The number of hydrogen-bond donors (Lipinski definition) is 0. The summed E-state index contributed by atoms with van der Waals surface area (Å²) in [4.78, 5) is 6.48. The van der Waals surface area contributed by atoms with Gasteiger partial charge in [0.25, 0.3) is 0 Å². The molecule has 0 aliphatic carbocycles. The number of halogens is 3. The molecule has 0 N–H and O–H groups in total. The Hall–Kier alpha value is -1.97. The largest absolute Gasteiger partial charge is 0.444 e. The van der Waals surface area contributed by atoms with E-state index in [2.05, 4.69) is 9.88 Å². The number of benzene rings is 2. The molecule has 0 radical (unpaired) electrons. The molecule has 0 spiro atoms. The van der Waals surface area contributed by atoms with Crippen molar-refractivity contribution in [3.63, 3.8) is 0 Å². The minimum atomic E-state index is -3.78. The number of nitrogens with zero attached hydrogens (tertiary/aromatic N) is 3. The van der Waals surface area contributed by atoms with E-state index in [0.717, 1.165) is 5.69 Å². The van der Waals surface area contributed by atoms with E-state index in [1.54, 1.807) is 24.5 Å². The number of rotatable bonds is 5. The van der Waals surface area contributed by atoms with Crippen LogP contribution < -0.4 is 0 Å². The quantitative estimate of drug-likeness (QED) is 0.557. The highest BCUT2D eigenvalue weighted by Gasteiger charge is 2.32. The SMILES string of the molecule is O=S(=O)(c1c(Cl)cccc1Cl)N1CCN(Cc2coc(-c3ccc(F)cc3)n2)CC1. The van der Waals surface area contributed by atoms with E-state index >= 15 is 0 Å². The van der Waals surface area contributed by atoms with Gasteiger partial charge in [0, 0.05) is 38.3 Å². The van der Waals surface area contributed by atoms with Gasteiger partial charge in [-0.1, -0.05) is 29.3 Å². The number of aromatic nitrogens is 1. The summed E-state index contributed by atoms with van der Waals surface area (Å²) in [6, 6.07) is 10.6. The summed E-state index contributed by atoms with van der Waals surface area (Å²) in [6.45, 7) is 2.20. The third-order valence-electron chi connectivity index (χ3n) is 4.88. The Morgan fingerprint density at radius 1 is 1.00 bits per heavy atom. The summed E-state index contributed by atoms with van der Waals surface area (Å²) in [6.07, 6.45) is 1.56. The normalized spacial score (nSPS) is 16.1. The molecule has 2 heterocycles. The van der Waals surface area contributed by atoms with Crippen LogP contribution in [0, 0.1) is 5.82 Å². The first-order chi connectivity index (χ1) is 14.3. The highest BCUT2D eigenvalue weighted by atomic mass is 35.5. The molecule has 1 aliphatic rings. The van der Waals surface area contributed by atoms with Crippen LogP contribution >= 0.6 is 23.2 Å². The van der Waals surface area contributed by atoms with Crippen molar-refractivity contribution in [2.75, 3.05) is 26.2 Å². The molecule has 1 fully saturated rings. The second-order valence-electron chi connectivity index (χ2n) is 6.88. The van der Waals surface area contributed by atoms with Gasteiger partial charge < -0.3 is 4.42 Å². The molecule has 158 valence electrons. The average molecular weight is 470 g/mol. The second kappa shape index (κ2) is 8.64. The van der Waals surface area contributed by atoms with Crippen LogP contribution in [0.15, 0.2) is 58.0 Å². The molecule has 1 saturated heterocycles. The van der Waals surface area contributed by atoms with Crippen LogP contribution in [0.2, 0.25) is 10.0 Å². The summed E-state index contributed by atoms with van der Waals surface area (Å²) >= 11 is 12.2. The summed E-state index contributed by atoms with van der Waals surface area (Å²) in [5.41, 5.74) is 1.41. The fourth-order valence-electron chi connectivity index (χ4n) is 3.32. The fourth-order valence-corrected chi connectivity index (χ4v) is 5.83. The van der Waals surface area contributed by atoms with Crippen molar-refractivity contribution >= 4 is 33.2 Å². The van der Waals surface area contributed by atoms with Gasteiger partial charge in [0.05, 0.1) is 15.7 Å². The van der Waals surface area contributed by atoms with Gasteiger partial charge in [0.15, 0.2) is 0 Å². The molecule has 0 atom stereocenters. The molecule has 30 heavy (non-hydrogen) atoms. The molecule has 0 bridgehead atoms. The van der Waals surface area contributed by atoms with Gasteiger partial charge in [-0.2, -0.15) is 4.31 Å². The standard InChI is InChI=1S/C20H18Cl2FN3O3S/c21-17-2-1-3-18(22)19(17)30(27,28)26-10-8-25(9-11-26)12-16-13-29-20(24-16)14-4-6-15(23)7-5-14/h1-7,13H,8-12H2. The molecule has 4 rings (SSSR count). The van der Waals surface area contributed by atoms with Crippen molar-refractivity contribution in [1.29, 1.82) is 0 Å². The van der Waals surface area contributed by atoms with Crippen molar-refractivity contribution in [3.05, 3.63) is 70.3 Å². The van der Waals surface area contributed by atoms with Gasteiger partial charge >= 0.3 is 0 Å². The maximum absolute atomic E-state index is 13.1. The molecular formula is C20H18Cl2FN3O3S. The molecule has 0 saturated carbocycles. The van der Waals surface area contributed by atoms with Gasteiger partial charge in [0.2, 0.25) is 15.9 Å². The predicted molar refractivity (Wildman–Crippen MR) is 112 cm³/mol. The first-order valence-electron chi connectivity index (χ1n) is 9.21. The van der Waals surface area contributed by atoms with Crippen molar-refractivity contribution in [3.8, 4) is 11.5 Å². The molecule has 2 aromatic carbocycles. The van der Waals surface area contributed by atoms with E-state index in [0.29, 0.717) is 44.2 Å². The van der Waals surface area contributed by atoms with Gasteiger partial charge in [-0.05, 0) is 36.4 Å². The summed E-state index contributed by atoms with van der Waals surface area (Å²) < 4.78 is 45.9. The molecule has 6 nitrogen and oxygen atoms in total. The summed E-state index contributed by atoms with van der Waals surface area (Å²) in [5.74, 6) is 0.0935. The average Bonchev–Trinajstić information content (AvgIpc) is 3.17. The molecule has 0 unspecified atom stereocenters. The predicted octanol–water partition coefficient (Wildman–Crippen LogP) is 4.29. The molecule has 1 aromatic heterocycles. The number of piperazine rings is 1. The lowest BCUT2D eigenvalue weighted by atomic mass is 10.2. The number of oxazole rings is 1. The highest BCUT2D eigenvalue weighted by Crippen LogP contribution is 2.32. The van der Waals surface area contributed by atoms with Crippen molar-refractivity contribution < 1.29 is 17.2 Å². The van der Waals surface area contributed by atoms with E-state index < -0.39 is 10.0 Å². The minimum Gasteiger partial charge on any atom is -0.444 e. The first kappa shape index (κ1) is 21.3. The van der Waals surface area contributed by atoms with Crippen LogP contribution in [-0.4, -0.2) is 48.8 Å². The Morgan fingerprint density at radius 3 is 2.27 bits per heavy atom. The van der Waals surface area contributed by atoms with Gasteiger partial charge in [-0.3, -0.25) is 4.90 Å². The number of sulfonamides is 1. The van der Waals surface area contributed by atoms with E-state index in [1.165, 1.54) is 28.6 Å². The van der Waals surface area contributed by atoms with Crippen LogP contribution in [-0.2, 0) is 16.6 Å². The van der Waals surface area contributed by atoms with Crippen LogP contribution in [0.5, 0.6) is 0 Å². The topological polar surface area (TPSA) is 66.7 Å². The first-order valence-corrected chi connectivity index (χ1v) is 11.4. The van der Waals surface area contributed by atoms with E-state index in [-0.39, 0.29) is 20.8 Å². The van der Waals surface area contributed by atoms with E-state index in [9.17, 15) is 12.8 Å². The van der Waals surface area contributed by atoms with Crippen molar-refractivity contribution in [2.24, 2.45) is 0 Å². The van der Waals surface area contributed by atoms with E-state index in [4.69, 9.17) is 27.6 Å². The van der Waals surface area contributed by atoms with Crippen LogP contribution in [0.4, 0.5) is 4.39 Å². The fraction of sp³-hybridized carbons (Fsp3) is 0.250. The van der Waals surface area contributed by atoms with Crippen LogP contribution in [0.3, 0.4) is 0 Å². The maximum atomic E-state index is 13.1. The molecular weight excluding hydrogens is 452 g/mol. The molecule has 0 amide bonds. The van der Waals surface area contributed by atoms with Gasteiger partial charge in [-0.15, -0.1) is 0 Å². The Labute approximate surface area is 183 Å². The molecule has 3 aromatic rings. The Bertz CT molecular complexity index is 1120. The minimum absolute atomic E-state index is 0.0535. The van der Waals surface area contributed by atoms with Gasteiger partial charge in [0.1, 0.15) is 17.0 Å². The lowest BCUT2D eigenvalue weighted by Crippen LogP contribution is -2.48. The molecule has 10 heteroatoms. The monoisotopic (exact) mass is 469 g/mol. The third-order valence-corrected chi connectivity index (χ3v) is 7.73. The maximum Gasteiger partial charge on any atom is 0.246 e. The number of hydrogen-bond acceptors (Lipinski definition) is 5. The Kier molecular flexibility index (Phi) is 6.13. The zero-order valence-corrected chi connectivity index (χ0v) is 18.1. The smallest absolute Gasteiger partial charge is 0.246 e. The summed E-state index contributed by atoms with van der Waals surface area (Å²) in [5, 5.41) is 0.224. The van der Waals surface area contributed by atoms with Crippen LogP contribution in [0.1, 0.15) is 5.69 Å². The third kappa shape index (κ3) is 4.38. The van der Waals surface area contributed by atoms with Gasteiger partial charge in [-0.25, -0.2) is 17.8 Å². The molecule has 1 aliphatic heterocycles. The van der Waals surface area contributed by atoms with Crippen LogP contribution in [0.25, 0.3) is 11.5 Å². The Balaban J connectivity index is 1.40. The second-order valence-corrected chi connectivity index (χ2v) is 9.57. The van der Waals surface area contributed by atoms with Crippen molar-refractivity contribution in [1.82, 2.24) is 14.2 Å². The zero-order chi connectivity index (χ0) is 21.3. The van der Waals surface area contributed by atoms with Crippen molar-refractivity contribution in [2.45, 2.75) is 11.4 Å². The lowest BCUT2D eigenvalue weighted by molar-refractivity contribution is 0.180. The summed E-state index contributed by atoms with van der Waals surface area (Å²) in [7, 11) is -3.78. The highest BCUT2D eigenvalue weighted by molar-refractivity contribution is 7.89.